The van der Waals surface area contributed by atoms with Gasteiger partial charge in [-0.05, 0) is 12.1 Å². The molecule has 1 saturated heterocycles. The predicted octanol–water partition coefficient (Wildman–Crippen LogP) is 1.21. The van der Waals surface area contributed by atoms with Crippen molar-refractivity contribution in [1.82, 2.24) is 0 Å². The van der Waals surface area contributed by atoms with Crippen LogP contribution in [0.1, 0.15) is 6.42 Å². The Hall–Kier alpha value is -1.84. The van der Waals surface area contributed by atoms with Crippen LogP contribution in [-0.2, 0) is 14.3 Å². The number of hydrogen-bond donors (Lipinski definition) is 0. The second kappa shape index (κ2) is 4.35. The van der Waals surface area contributed by atoms with Crippen LogP contribution in [-0.4, -0.2) is 25.5 Å². The predicted molar refractivity (Wildman–Crippen MR) is 58.9 cm³/mol. The molecule has 1 fully saturated rings. The Kier molecular flexibility index (Phi) is 2.90. The molecule has 0 radical (unpaired) electrons. The summed E-state index contributed by atoms with van der Waals surface area (Å²) in [6.45, 7) is 0.412. The molecule has 1 atom stereocenters. The van der Waals surface area contributed by atoms with Crippen molar-refractivity contribution in [2.45, 2.75) is 6.42 Å². The van der Waals surface area contributed by atoms with Gasteiger partial charge in [-0.25, -0.2) is 0 Å². The standard InChI is InChI=1S/C12H13NO3/c1-16-12(15)9-7-11(14)13(8-9)10-5-3-2-4-6-10/h2-6,9H,7-8H2,1H3/t9-/m1/s1. The van der Waals surface area contributed by atoms with Gasteiger partial charge in [0.25, 0.3) is 0 Å². The Morgan fingerprint density at radius 1 is 1.38 bits per heavy atom. The molecule has 0 N–H and O–H groups in total. The third kappa shape index (κ3) is 1.91. The Morgan fingerprint density at radius 3 is 2.69 bits per heavy atom. The lowest BCUT2D eigenvalue weighted by atomic mass is 10.1. The normalized spacial score (nSPS) is 19.9. The minimum atomic E-state index is -0.335. The fraction of sp³-hybridized carbons (Fsp3) is 0.333. The Labute approximate surface area is 93.8 Å². The summed E-state index contributed by atoms with van der Waals surface area (Å²) in [6.07, 6.45) is 0.238. The van der Waals surface area contributed by atoms with E-state index in [4.69, 9.17) is 0 Å². The van der Waals surface area contributed by atoms with Crippen molar-refractivity contribution in [3.05, 3.63) is 30.3 Å². The number of hydrogen-bond acceptors (Lipinski definition) is 3. The summed E-state index contributed by atoms with van der Waals surface area (Å²) in [5.74, 6) is -0.675. The second-order valence-electron chi connectivity index (χ2n) is 3.76. The Balaban J connectivity index is 2.14. The average molecular weight is 219 g/mol. The van der Waals surface area contributed by atoms with Crippen LogP contribution in [0.25, 0.3) is 0 Å². The number of ether oxygens (including phenoxy) is 1. The highest BCUT2D eigenvalue weighted by molar-refractivity contribution is 5.99. The quantitative estimate of drug-likeness (QED) is 0.702. The molecule has 1 aliphatic heterocycles. The summed E-state index contributed by atoms with van der Waals surface area (Å²) in [4.78, 5) is 24.7. The number of rotatable bonds is 2. The van der Waals surface area contributed by atoms with Gasteiger partial charge in [0.15, 0.2) is 0 Å². The topological polar surface area (TPSA) is 46.6 Å². The fourth-order valence-corrected chi connectivity index (χ4v) is 1.89. The monoisotopic (exact) mass is 219 g/mol. The number of nitrogens with zero attached hydrogens (tertiary/aromatic N) is 1. The SMILES string of the molecule is COC(=O)[C@@H]1CC(=O)N(c2ccccc2)C1. The summed E-state index contributed by atoms with van der Waals surface area (Å²) in [7, 11) is 1.35. The van der Waals surface area contributed by atoms with E-state index in [-0.39, 0.29) is 24.2 Å². The lowest BCUT2D eigenvalue weighted by Crippen LogP contribution is -2.25. The molecule has 1 aromatic rings. The Morgan fingerprint density at radius 2 is 2.06 bits per heavy atom. The molecule has 1 amide bonds. The summed E-state index contributed by atoms with van der Waals surface area (Å²) in [5.41, 5.74) is 0.832. The van der Waals surface area contributed by atoms with Crippen molar-refractivity contribution >= 4 is 17.6 Å². The molecule has 1 heterocycles. The van der Waals surface area contributed by atoms with E-state index in [1.807, 2.05) is 30.3 Å². The summed E-state index contributed by atoms with van der Waals surface area (Å²) < 4.78 is 4.65. The highest BCUT2D eigenvalue weighted by atomic mass is 16.5. The number of amides is 1. The number of benzene rings is 1. The van der Waals surface area contributed by atoms with E-state index in [0.29, 0.717) is 6.54 Å². The van der Waals surface area contributed by atoms with Crippen molar-refractivity contribution in [2.24, 2.45) is 5.92 Å². The molecule has 4 nitrogen and oxygen atoms in total. The van der Waals surface area contributed by atoms with Crippen molar-refractivity contribution in [3.63, 3.8) is 0 Å². The molecule has 0 aromatic heterocycles. The molecule has 84 valence electrons. The zero-order valence-electron chi connectivity index (χ0n) is 9.05. The average Bonchev–Trinajstić information content (AvgIpc) is 2.71. The number of para-hydroxylation sites is 1. The molecule has 2 rings (SSSR count). The first-order chi connectivity index (χ1) is 7.72. The van der Waals surface area contributed by atoms with Crippen LogP contribution in [0.15, 0.2) is 30.3 Å². The van der Waals surface area contributed by atoms with Gasteiger partial charge in [0.2, 0.25) is 5.91 Å². The van der Waals surface area contributed by atoms with E-state index in [9.17, 15) is 9.59 Å². The summed E-state index contributed by atoms with van der Waals surface area (Å²) in [5, 5.41) is 0. The van der Waals surface area contributed by atoms with Gasteiger partial charge in [-0.1, -0.05) is 18.2 Å². The van der Waals surface area contributed by atoms with Crippen LogP contribution in [0, 0.1) is 5.92 Å². The van der Waals surface area contributed by atoms with Crippen molar-refractivity contribution < 1.29 is 14.3 Å². The first-order valence-corrected chi connectivity index (χ1v) is 5.15. The molecular weight excluding hydrogens is 206 g/mol. The van der Waals surface area contributed by atoms with Gasteiger partial charge in [-0.2, -0.15) is 0 Å². The number of anilines is 1. The molecule has 4 heteroatoms. The van der Waals surface area contributed by atoms with E-state index in [1.54, 1.807) is 4.90 Å². The molecule has 1 aliphatic rings. The molecular formula is C12H13NO3. The van der Waals surface area contributed by atoms with Crippen LogP contribution in [0.3, 0.4) is 0 Å². The third-order valence-electron chi connectivity index (χ3n) is 2.73. The van der Waals surface area contributed by atoms with Gasteiger partial charge >= 0.3 is 5.97 Å². The second-order valence-corrected chi connectivity index (χ2v) is 3.76. The highest BCUT2D eigenvalue weighted by Gasteiger charge is 2.35. The van der Waals surface area contributed by atoms with E-state index >= 15 is 0 Å². The highest BCUT2D eigenvalue weighted by Crippen LogP contribution is 2.25. The lowest BCUT2D eigenvalue weighted by molar-refractivity contribution is -0.145. The molecule has 0 aliphatic carbocycles. The molecule has 0 bridgehead atoms. The van der Waals surface area contributed by atoms with E-state index in [2.05, 4.69) is 4.74 Å². The van der Waals surface area contributed by atoms with E-state index in [0.717, 1.165) is 5.69 Å². The maximum atomic E-state index is 11.7. The van der Waals surface area contributed by atoms with Crippen molar-refractivity contribution in [2.75, 3.05) is 18.6 Å². The number of methoxy groups -OCH3 is 1. The molecule has 0 unspecified atom stereocenters. The maximum Gasteiger partial charge on any atom is 0.311 e. The molecule has 1 aromatic carbocycles. The van der Waals surface area contributed by atoms with Crippen LogP contribution in [0.4, 0.5) is 5.69 Å². The van der Waals surface area contributed by atoms with Gasteiger partial charge in [-0.3, -0.25) is 9.59 Å². The first-order valence-electron chi connectivity index (χ1n) is 5.15. The number of carbonyl (C=O) groups excluding carboxylic acids is 2. The number of esters is 1. The van der Waals surface area contributed by atoms with Crippen molar-refractivity contribution in [3.8, 4) is 0 Å². The van der Waals surface area contributed by atoms with E-state index in [1.165, 1.54) is 7.11 Å². The first kappa shape index (κ1) is 10.7. The minimum absolute atomic E-state index is 0.0263. The van der Waals surface area contributed by atoms with Crippen LogP contribution in [0.2, 0.25) is 0 Å². The zero-order valence-corrected chi connectivity index (χ0v) is 9.05. The molecule has 0 spiro atoms. The smallest absolute Gasteiger partial charge is 0.311 e. The van der Waals surface area contributed by atoms with Gasteiger partial charge < -0.3 is 9.64 Å². The van der Waals surface area contributed by atoms with E-state index < -0.39 is 0 Å². The van der Waals surface area contributed by atoms with Crippen LogP contribution >= 0.6 is 0 Å². The zero-order chi connectivity index (χ0) is 11.5. The summed E-state index contributed by atoms with van der Waals surface area (Å²) in [6, 6.07) is 9.35. The van der Waals surface area contributed by atoms with Gasteiger partial charge in [0.1, 0.15) is 0 Å². The number of carbonyl (C=O) groups is 2. The van der Waals surface area contributed by atoms with Gasteiger partial charge in [0, 0.05) is 18.7 Å². The van der Waals surface area contributed by atoms with Gasteiger partial charge in [-0.15, -0.1) is 0 Å². The largest absolute Gasteiger partial charge is 0.469 e. The Bertz CT molecular complexity index is 402. The van der Waals surface area contributed by atoms with Crippen molar-refractivity contribution in [1.29, 1.82) is 0 Å². The van der Waals surface area contributed by atoms with Crippen LogP contribution < -0.4 is 4.90 Å². The maximum absolute atomic E-state index is 11.7. The summed E-state index contributed by atoms with van der Waals surface area (Å²) >= 11 is 0. The van der Waals surface area contributed by atoms with Gasteiger partial charge in [0.05, 0.1) is 13.0 Å². The molecule has 0 saturated carbocycles. The fourth-order valence-electron chi connectivity index (χ4n) is 1.89. The van der Waals surface area contributed by atoms with Crippen LogP contribution in [0.5, 0.6) is 0 Å². The third-order valence-corrected chi connectivity index (χ3v) is 2.73. The lowest BCUT2D eigenvalue weighted by Gasteiger charge is -2.15. The molecule has 16 heavy (non-hydrogen) atoms. The minimum Gasteiger partial charge on any atom is -0.469 e.